The Morgan fingerprint density at radius 3 is 2.75 bits per heavy atom. The average molecular weight is 257 g/mol. The van der Waals surface area contributed by atoms with Gasteiger partial charge in [0.05, 0.1) is 4.34 Å². The summed E-state index contributed by atoms with van der Waals surface area (Å²) in [6, 6.07) is 3.17. The molecule has 0 aromatic carbocycles. The molecule has 84 valence electrons. The molecule has 0 spiro atoms. The van der Waals surface area contributed by atoms with Crippen LogP contribution in [0, 0.1) is 0 Å². The molecule has 3 amide bonds. The van der Waals surface area contributed by atoms with Crippen LogP contribution in [0.15, 0.2) is 17.8 Å². The van der Waals surface area contributed by atoms with Crippen LogP contribution in [0.4, 0.5) is 4.79 Å². The van der Waals surface area contributed by atoms with E-state index in [2.05, 4.69) is 5.32 Å². The van der Waals surface area contributed by atoms with Crippen LogP contribution in [0.2, 0.25) is 4.34 Å². The Labute approximate surface area is 102 Å². The number of hydrogen-bond acceptors (Lipinski definition) is 3. The summed E-state index contributed by atoms with van der Waals surface area (Å²) in [6.45, 7) is 2.12. The number of hydrogen-bond donors (Lipinski definition) is 1. The summed E-state index contributed by atoms with van der Waals surface area (Å²) in [5, 5.41) is 2.52. The normalized spacial score (nSPS) is 18.4. The van der Waals surface area contributed by atoms with Gasteiger partial charge in [-0.1, -0.05) is 11.6 Å². The lowest BCUT2D eigenvalue weighted by Gasteiger charge is -2.05. The van der Waals surface area contributed by atoms with Gasteiger partial charge in [0.15, 0.2) is 0 Å². The number of amides is 3. The van der Waals surface area contributed by atoms with Gasteiger partial charge in [-0.05, 0) is 25.1 Å². The van der Waals surface area contributed by atoms with Gasteiger partial charge in [-0.25, -0.2) is 4.79 Å². The van der Waals surface area contributed by atoms with Gasteiger partial charge in [0.2, 0.25) is 0 Å². The van der Waals surface area contributed by atoms with Crippen molar-refractivity contribution in [1.82, 2.24) is 10.2 Å². The number of imide groups is 1. The zero-order valence-electron chi connectivity index (χ0n) is 8.49. The topological polar surface area (TPSA) is 49.4 Å². The Morgan fingerprint density at radius 1 is 1.50 bits per heavy atom. The van der Waals surface area contributed by atoms with Gasteiger partial charge in [-0.3, -0.25) is 9.69 Å². The summed E-state index contributed by atoms with van der Waals surface area (Å²) < 4.78 is 0.649. The van der Waals surface area contributed by atoms with Crippen LogP contribution in [0.3, 0.4) is 0 Å². The van der Waals surface area contributed by atoms with Crippen LogP contribution in [-0.4, -0.2) is 23.4 Å². The largest absolute Gasteiger partial charge is 0.328 e. The fourth-order valence-electron chi connectivity index (χ4n) is 1.41. The Kier molecular flexibility index (Phi) is 2.98. The molecule has 0 saturated carbocycles. The predicted octanol–water partition coefficient (Wildman–Crippen LogP) is 2.31. The summed E-state index contributed by atoms with van der Waals surface area (Å²) >= 11 is 7.13. The van der Waals surface area contributed by atoms with Crippen molar-refractivity contribution in [3.63, 3.8) is 0 Å². The second-order valence-electron chi connectivity index (χ2n) is 3.18. The van der Waals surface area contributed by atoms with Crippen LogP contribution in [0.1, 0.15) is 11.8 Å². The second-order valence-corrected chi connectivity index (χ2v) is 4.93. The van der Waals surface area contributed by atoms with E-state index in [9.17, 15) is 9.59 Å². The molecule has 0 aliphatic carbocycles. The Morgan fingerprint density at radius 2 is 2.25 bits per heavy atom. The third-order valence-corrected chi connectivity index (χ3v) is 3.34. The highest BCUT2D eigenvalue weighted by Crippen LogP contribution is 2.24. The Hall–Kier alpha value is -1.33. The van der Waals surface area contributed by atoms with E-state index < -0.39 is 0 Å². The standard InChI is InChI=1S/C10H9ClN2O2S/c1-2-13-9(14)7(12-10(13)15)5-6-3-4-8(11)16-6/h3-5H,2H2,1H3,(H,12,15)/b7-5+. The van der Waals surface area contributed by atoms with E-state index in [0.717, 1.165) is 9.78 Å². The minimum absolute atomic E-state index is 0.294. The van der Waals surface area contributed by atoms with Crippen LogP contribution >= 0.6 is 22.9 Å². The molecule has 4 nitrogen and oxygen atoms in total. The van der Waals surface area contributed by atoms with Crippen molar-refractivity contribution in [3.8, 4) is 0 Å². The number of rotatable bonds is 2. The van der Waals surface area contributed by atoms with E-state index in [4.69, 9.17) is 11.6 Å². The maximum Gasteiger partial charge on any atom is 0.328 e. The highest BCUT2D eigenvalue weighted by molar-refractivity contribution is 7.17. The van der Waals surface area contributed by atoms with E-state index in [0.29, 0.717) is 16.6 Å². The van der Waals surface area contributed by atoms with Gasteiger partial charge in [0.1, 0.15) is 5.70 Å². The van der Waals surface area contributed by atoms with E-state index in [1.807, 2.05) is 0 Å². The van der Waals surface area contributed by atoms with Crippen molar-refractivity contribution >= 4 is 41.0 Å². The number of carbonyl (C=O) groups is 2. The number of urea groups is 1. The van der Waals surface area contributed by atoms with Crippen LogP contribution in [0.5, 0.6) is 0 Å². The summed E-state index contributed by atoms with van der Waals surface area (Å²) in [7, 11) is 0. The van der Waals surface area contributed by atoms with E-state index in [1.165, 1.54) is 11.3 Å². The first kappa shape index (κ1) is 11.2. The molecular formula is C10H9ClN2O2S. The van der Waals surface area contributed by atoms with Crippen molar-refractivity contribution in [2.75, 3.05) is 6.54 Å². The predicted molar refractivity (Wildman–Crippen MR) is 63.2 cm³/mol. The molecule has 1 aromatic heterocycles. The number of carbonyl (C=O) groups excluding carboxylic acids is 2. The quantitative estimate of drug-likeness (QED) is 0.652. The fraction of sp³-hybridized carbons (Fsp3) is 0.200. The highest BCUT2D eigenvalue weighted by Gasteiger charge is 2.31. The van der Waals surface area contributed by atoms with Gasteiger partial charge in [0.25, 0.3) is 5.91 Å². The maximum absolute atomic E-state index is 11.7. The molecule has 0 radical (unpaired) electrons. The third-order valence-electron chi connectivity index (χ3n) is 2.16. The number of likely N-dealkylation sites (N-methyl/N-ethyl adjacent to an activating group) is 1. The van der Waals surface area contributed by atoms with Gasteiger partial charge < -0.3 is 5.32 Å². The molecule has 1 aliphatic rings. The number of halogens is 1. The highest BCUT2D eigenvalue weighted by atomic mass is 35.5. The zero-order chi connectivity index (χ0) is 11.7. The smallest absolute Gasteiger partial charge is 0.303 e. The molecule has 1 aliphatic heterocycles. The lowest BCUT2D eigenvalue weighted by atomic mass is 10.3. The summed E-state index contributed by atoms with van der Waals surface area (Å²) in [6.07, 6.45) is 1.63. The first-order valence-electron chi connectivity index (χ1n) is 4.71. The van der Waals surface area contributed by atoms with E-state index in [-0.39, 0.29) is 11.9 Å². The minimum Gasteiger partial charge on any atom is -0.303 e. The molecular weight excluding hydrogens is 248 g/mol. The van der Waals surface area contributed by atoms with E-state index >= 15 is 0 Å². The van der Waals surface area contributed by atoms with Gasteiger partial charge in [0, 0.05) is 11.4 Å². The molecule has 1 aromatic rings. The SMILES string of the molecule is CCN1C(=O)N/C(=C/c2ccc(Cl)s2)C1=O. The number of nitrogens with one attached hydrogen (secondary N) is 1. The lowest BCUT2D eigenvalue weighted by molar-refractivity contribution is -0.122. The number of nitrogens with zero attached hydrogens (tertiary/aromatic N) is 1. The molecule has 6 heteroatoms. The molecule has 0 bridgehead atoms. The molecule has 2 rings (SSSR count). The van der Waals surface area contributed by atoms with Crippen molar-refractivity contribution in [2.45, 2.75) is 6.92 Å². The summed E-state index contributed by atoms with van der Waals surface area (Å²) in [4.78, 5) is 25.0. The lowest BCUT2D eigenvalue weighted by Crippen LogP contribution is -2.30. The molecule has 1 N–H and O–H groups in total. The van der Waals surface area contributed by atoms with Crippen molar-refractivity contribution in [2.24, 2.45) is 0 Å². The van der Waals surface area contributed by atoms with Gasteiger partial charge >= 0.3 is 6.03 Å². The van der Waals surface area contributed by atoms with Gasteiger partial charge in [-0.15, -0.1) is 11.3 Å². The van der Waals surface area contributed by atoms with Gasteiger partial charge in [-0.2, -0.15) is 0 Å². The van der Waals surface area contributed by atoms with Crippen molar-refractivity contribution in [1.29, 1.82) is 0 Å². The molecule has 16 heavy (non-hydrogen) atoms. The second kappa shape index (κ2) is 4.27. The van der Waals surface area contributed by atoms with Crippen LogP contribution in [0.25, 0.3) is 6.08 Å². The average Bonchev–Trinajstić information content (AvgIpc) is 2.74. The first-order valence-corrected chi connectivity index (χ1v) is 5.91. The van der Waals surface area contributed by atoms with Crippen molar-refractivity contribution < 1.29 is 9.59 Å². The van der Waals surface area contributed by atoms with Crippen LogP contribution in [-0.2, 0) is 4.79 Å². The van der Waals surface area contributed by atoms with E-state index in [1.54, 1.807) is 25.1 Å². The molecule has 2 heterocycles. The Bertz CT molecular complexity index is 481. The van der Waals surface area contributed by atoms with Crippen LogP contribution < -0.4 is 5.32 Å². The molecule has 1 saturated heterocycles. The molecule has 0 unspecified atom stereocenters. The van der Waals surface area contributed by atoms with Crippen molar-refractivity contribution in [3.05, 3.63) is 27.0 Å². The first-order chi connectivity index (χ1) is 7.61. The third kappa shape index (κ3) is 1.96. The zero-order valence-corrected chi connectivity index (χ0v) is 10.1. The monoisotopic (exact) mass is 256 g/mol. The summed E-state index contributed by atoms with van der Waals surface area (Å²) in [5.74, 6) is -0.294. The summed E-state index contributed by atoms with van der Waals surface area (Å²) in [5.41, 5.74) is 0.297. The fourth-order valence-corrected chi connectivity index (χ4v) is 2.41. The number of thiophene rings is 1. The maximum atomic E-state index is 11.7. The minimum atomic E-state index is -0.374. The molecule has 1 fully saturated rings. The molecule has 0 atom stereocenters. The Balaban J connectivity index is 2.27.